The minimum atomic E-state index is -2.01. The molecule has 3 heteroatoms. The largest absolute Gasteiger partial charge is 0.407 e. The van der Waals surface area contributed by atoms with Crippen LogP contribution in [0.3, 0.4) is 0 Å². The van der Waals surface area contributed by atoms with Crippen molar-refractivity contribution in [3.63, 3.8) is 0 Å². The van der Waals surface area contributed by atoms with E-state index in [-0.39, 0.29) is 11.1 Å². The van der Waals surface area contributed by atoms with E-state index in [2.05, 4.69) is 33.9 Å². The molecule has 0 unspecified atom stereocenters. The van der Waals surface area contributed by atoms with Crippen molar-refractivity contribution in [2.75, 3.05) is 0 Å². The Bertz CT molecular complexity index is 603. The van der Waals surface area contributed by atoms with Crippen molar-refractivity contribution < 1.29 is 9.53 Å². The maximum absolute atomic E-state index is 11.0. The first-order chi connectivity index (χ1) is 10.7. The fourth-order valence-electron chi connectivity index (χ4n) is 2.28. The second kappa shape index (κ2) is 6.99. The molecular weight excluding hydrogens is 300 g/mol. The second-order valence-electron chi connectivity index (χ2n) is 7.56. The molecule has 2 aromatic rings. The lowest BCUT2D eigenvalue weighted by molar-refractivity contribution is 0.0253. The molecule has 0 aliphatic rings. The van der Waals surface area contributed by atoms with Crippen LogP contribution in [0.15, 0.2) is 60.7 Å². The minimum Gasteiger partial charge on any atom is -0.407 e. The van der Waals surface area contributed by atoms with Gasteiger partial charge in [0.15, 0.2) is 8.32 Å². The number of aliphatic hydroxyl groups is 1. The highest BCUT2D eigenvalue weighted by molar-refractivity contribution is 6.74. The number of benzene rings is 2. The van der Waals surface area contributed by atoms with E-state index in [1.54, 1.807) is 0 Å². The molecule has 0 saturated heterocycles. The minimum absolute atomic E-state index is 0.0937. The molecule has 2 aromatic carbocycles. The molecule has 0 bridgehead atoms. The van der Waals surface area contributed by atoms with E-state index in [0.29, 0.717) is 0 Å². The van der Waals surface area contributed by atoms with Gasteiger partial charge in [-0.05, 0) is 29.3 Å². The van der Waals surface area contributed by atoms with Crippen molar-refractivity contribution in [2.45, 2.75) is 51.1 Å². The number of rotatable bonds is 5. The number of hydrogen-bond donors (Lipinski definition) is 1. The van der Waals surface area contributed by atoms with E-state index in [0.717, 1.165) is 11.1 Å². The molecular formula is C20H28O2Si. The lowest BCUT2D eigenvalue weighted by Crippen LogP contribution is -2.42. The quantitative estimate of drug-likeness (QED) is 0.736. The van der Waals surface area contributed by atoms with Crippen molar-refractivity contribution in [3.05, 3.63) is 71.8 Å². The van der Waals surface area contributed by atoms with Gasteiger partial charge in [-0.3, -0.25) is 0 Å². The van der Waals surface area contributed by atoms with Crippen molar-refractivity contribution in [2.24, 2.45) is 0 Å². The highest BCUT2D eigenvalue weighted by Crippen LogP contribution is 2.43. The lowest BCUT2D eigenvalue weighted by Gasteiger charge is -2.40. The third-order valence-corrected chi connectivity index (χ3v) is 9.24. The van der Waals surface area contributed by atoms with Gasteiger partial charge in [0.2, 0.25) is 0 Å². The molecule has 0 radical (unpaired) electrons. The summed E-state index contributed by atoms with van der Waals surface area (Å²) in [5.41, 5.74) is 1.91. The predicted molar refractivity (Wildman–Crippen MR) is 98.9 cm³/mol. The van der Waals surface area contributed by atoms with Crippen LogP contribution in [0.1, 0.15) is 44.1 Å². The SMILES string of the molecule is CC(C)(C)[Si](C)(C)O[C@@H](c1ccccc1)[C@@H](O)c1ccccc1. The van der Waals surface area contributed by atoms with Crippen LogP contribution in [0.2, 0.25) is 18.1 Å². The monoisotopic (exact) mass is 328 g/mol. The molecule has 0 amide bonds. The molecule has 2 nitrogen and oxygen atoms in total. The Morgan fingerprint density at radius 3 is 1.70 bits per heavy atom. The van der Waals surface area contributed by atoms with Gasteiger partial charge in [-0.15, -0.1) is 0 Å². The molecule has 0 aliphatic carbocycles. The van der Waals surface area contributed by atoms with E-state index in [9.17, 15) is 5.11 Å². The molecule has 0 fully saturated rings. The Kier molecular flexibility index (Phi) is 5.45. The van der Waals surface area contributed by atoms with Crippen molar-refractivity contribution in [3.8, 4) is 0 Å². The molecule has 2 rings (SSSR count). The summed E-state index contributed by atoms with van der Waals surface area (Å²) in [4.78, 5) is 0. The molecule has 124 valence electrons. The van der Waals surface area contributed by atoms with Gasteiger partial charge in [-0.1, -0.05) is 81.4 Å². The average molecular weight is 329 g/mol. The number of hydrogen-bond acceptors (Lipinski definition) is 2. The van der Waals surface area contributed by atoms with Gasteiger partial charge in [0, 0.05) is 0 Å². The molecule has 0 saturated carbocycles. The van der Waals surface area contributed by atoms with Gasteiger partial charge in [-0.25, -0.2) is 0 Å². The first kappa shape index (κ1) is 17.9. The first-order valence-electron chi connectivity index (χ1n) is 8.18. The topological polar surface area (TPSA) is 29.5 Å². The standard InChI is InChI=1S/C20H28O2Si/c1-20(2,3)23(4,5)22-19(17-14-10-7-11-15-17)18(21)16-12-8-6-9-13-16/h6-15,18-19,21H,1-5H3/t18-,19-/m0/s1. The van der Waals surface area contributed by atoms with E-state index in [4.69, 9.17) is 4.43 Å². The smallest absolute Gasteiger partial charge is 0.193 e. The van der Waals surface area contributed by atoms with Crippen LogP contribution in [-0.2, 0) is 4.43 Å². The average Bonchev–Trinajstić information content (AvgIpc) is 2.52. The summed E-state index contributed by atoms with van der Waals surface area (Å²) in [6.07, 6.45) is -1.02. The Morgan fingerprint density at radius 1 is 0.826 bits per heavy atom. The van der Waals surface area contributed by atoms with E-state index < -0.39 is 14.4 Å². The third kappa shape index (κ3) is 4.31. The highest BCUT2D eigenvalue weighted by atomic mass is 28.4. The van der Waals surface area contributed by atoms with Crippen molar-refractivity contribution >= 4 is 8.32 Å². The van der Waals surface area contributed by atoms with Gasteiger partial charge >= 0.3 is 0 Å². The maximum atomic E-state index is 11.0. The Labute approximate surface area is 141 Å². The summed E-state index contributed by atoms with van der Waals surface area (Å²) in [5.74, 6) is 0. The van der Waals surface area contributed by atoms with E-state index in [1.165, 1.54) is 0 Å². The molecule has 0 heterocycles. The molecule has 1 N–H and O–H groups in total. The fraction of sp³-hybridized carbons (Fsp3) is 0.400. The summed E-state index contributed by atoms with van der Waals surface area (Å²) in [6, 6.07) is 19.8. The van der Waals surface area contributed by atoms with Crippen molar-refractivity contribution in [1.29, 1.82) is 0 Å². The van der Waals surface area contributed by atoms with Crippen LogP contribution in [0, 0.1) is 0 Å². The Morgan fingerprint density at radius 2 is 1.26 bits per heavy atom. The van der Waals surface area contributed by atoms with Gasteiger partial charge < -0.3 is 9.53 Å². The summed E-state index contributed by atoms with van der Waals surface area (Å²) in [7, 11) is -2.01. The van der Waals surface area contributed by atoms with E-state index in [1.807, 2.05) is 60.7 Å². The van der Waals surface area contributed by atoms with Gasteiger partial charge in [0.25, 0.3) is 0 Å². The second-order valence-corrected chi connectivity index (χ2v) is 12.3. The van der Waals surface area contributed by atoms with Crippen molar-refractivity contribution in [1.82, 2.24) is 0 Å². The summed E-state index contributed by atoms with van der Waals surface area (Å²) < 4.78 is 6.59. The van der Waals surface area contributed by atoms with Crippen LogP contribution in [0.25, 0.3) is 0 Å². The van der Waals surface area contributed by atoms with Gasteiger partial charge in [0.1, 0.15) is 12.2 Å². The normalized spacial score (nSPS) is 15.2. The summed E-state index contributed by atoms with van der Waals surface area (Å²) >= 11 is 0. The molecule has 0 spiro atoms. The zero-order valence-corrected chi connectivity index (χ0v) is 15.8. The molecule has 0 aromatic heterocycles. The number of aliphatic hydroxyl groups excluding tert-OH is 1. The summed E-state index contributed by atoms with van der Waals surface area (Å²) in [6.45, 7) is 11.1. The first-order valence-corrected chi connectivity index (χ1v) is 11.1. The lowest BCUT2D eigenvalue weighted by atomic mass is 9.98. The zero-order valence-electron chi connectivity index (χ0n) is 14.8. The van der Waals surface area contributed by atoms with Gasteiger partial charge in [0.05, 0.1) is 0 Å². The van der Waals surface area contributed by atoms with E-state index >= 15 is 0 Å². The van der Waals surface area contributed by atoms with Crippen LogP contribution in [0.4, 0.5) is 0 Å². The predicted octanol–water partition coefficient (Wildman–Crippen LogP) is 5.48. The third-order valence-electron chi connectivity index (χ3n) is 4.78. The fourth-order valence-corrected chi connectivity index (χ4v) is 3.53. The zero-order chi connectivity index (χ0) is 17.1. The molecule has 23 heavy (non-hydrogen) atoms. The maximum Gasteiger partial charge on any atom is 0.193 e. The summed E-state index contributed by atoms with van der Waals surface area (Å²) in [5, 5.41) is 11.1. The Balaban J connectivity index is 2.37. The molecule has 2 atom stereocenters. The molecule has 0 aliphatic heterocycles. The van der Waals surface area contributed by atoms with Gasteiger partial charge in [-0.2, -0.15) is 0 Å². The van der Waals surface area contributed by atoms with Crippen LogP contribution >= 0.6 is 0 Å². The highest BCUT2D eigenvalue weighted by Gasteiger charge is 2.41. The van der Waals surface area contributed by atoms with Crippen LogP contribution < -0.4 is 0 Å². The Hall–Kier alpha value is -1.42. The van der Waals surface area contributed by atoms with Crippen LogP contribution in [0.5, 0.6) is 0 Å². The van der Waals surface area contributed by atoms with Crippen LogP contribution in [-0.4, -0.2) is 13.4 Å².